The van der Waals surface area contributed by atoms with Crippen LogP contribution in [0.2, 0.25) is 0 Å². The first-order valence-electron chi connectivity index (χ1n) is 7.59. The molecule has 0 saturated carbocycles. The zero-order valence-corrected chi connectivity index (χ0v) is 15.7. The Morgan fingerprint density at radius 3 is 2.80 bits per heavy atom. The number of phenolic OH excluding ortho intramolecular Hbond substituents is 1. The summed E-state index contributed by atoms with van der Waals surface area (Å²) in [7, 11) is 0. The number of aromatic hydroxyl groups is 1. The maximum atomic E-state index is 10.2. The number of halogens is 1. The van der Waals surface area contributed by atoms with E-state index in [2.05, 4.69) is 38.0 Å². The molecule has 2 N–H and O–H groups in total. The van der Waals surface area contributed by atoms with Crippen molar-refractivity contribution in [2.75, 3.05) is 5.43 Å². The fraction of sp³-hybridized carbons (Fsp3) is 0.0526. The van der Waals surface area contributed by atoms with E-state index in [1.807, 2.05) is 47.8 Å². The monoisotopic (exact) mass is 413 g/mol. The van der Waals surface area contributed by atoms with Crippen molar-refractivity contribution in [3.63, 3.8) is 0 Å². The van der Waals surface area contributed by atoms with Gasteiger partial charge in [0.15, 0.2) is 0 Å². The van der Waals surface area contributed by atoms with Crippen LogP contribution >= 0.6 is 27.3 Å². The van der Waals surface area contributed by atoms with Crippen LogP contribution in [-0.4, -0.2) is 16.3 Å². The number of rotatable bonds is 6. The van der Waals surface area contributed by atoms with Crippen molar-refractivity contribution in [3.05, 3.63) is 76.1 Å². The number of hydrogen-bond acceptors (Lipinski definition) is 5. The fourth-order valence-corrected chi connectivity index (χ4v) is 3.20. The van der Waals surface area contributed by atoms with Gasteiger partial charge in [-0.2, -0.15) is 5.10 Å². The van der Waals surface area contributed by atoms with Crippen LogP contribution in [0.4, 0.5) is 5.13 Å². The summed E-state index contributed by atoms with van der Waals surface area (Å²) in [5.41, 5.74) is 6.33. The van der Waals surface area contributed by atoms with E-state index in [4.69, 9.17) is 0 Å². The molecule has 0 unspecified atom stereocenters. The van der Waals surface area contributed by atoms with Crippen LogP contribution in [0.3, 0.4) is 0 Å². The minimum absolute atomic E-state index is 0.225. The van der Waals surface area contributed by atoms with E-state index in [0.717, 1.165) is 21.3 Å². The smallest absolute Gasteiger partial charge is 0.203 e. The number of nitrogens with one attached hydrogen (secondary N) is 1. The average molecular weight is 414 g/mol. The first-order chi connectivity index (χ1) is 12.2. The Morgan fingerprint density at radius 2 is 2.04 bits per heavy atom. The van der Waals surface area contributed by atoms with Crippen LogP contribution in [0.15, 0.2) is 70.1 Å². The largest absolute Gasteiger partial charge is 0.507 e. The molecule has 0 atom stereocenters. The normalized spacial score (nSPS) is 10.9. The third kappa shape index (κ3) is 4.35. The van der Waals surface area contributed by atoms with E-state index in [1.54, 1.807) is 12.3 Å². The van der Waals surface area contributed by atoms with Crippen LogP contribution in [0, 0.1) is 0 Å². The zero-order chi connectivity index (χ0) is 17.6. The number of nitrogens with zero attached hydrogens (tertiary/aromatic N) is 2. The summed E-state index contributed by atoms with van der Waals surface area (Å²) in [6.45, 7) is 3.69. The number of thiazole rings is 1. The first kappa shape index (κ1) is 17.4. The molecule has 25 heavy (non-hydrogen) atoms. The van der Waals surface area contributed by atoms with Crippen molar-refractivity contribution in [1.82, 2.24) is 4.98 Å². The van der Waals surface area contributed by atoms with Crippen LogP contribution in [0.25, 0.3) is 11.3 Å². The summed E-state index contributed by atoms with van der Waals surface area (Å²) in [6.07, 6.45) is 3.96. The minimum Gasteiger partial charge on any atom is -0.507 e. The minimum atomic E-state index is 0.225. The molecule has 2 aromatic carbocycles. The van der Waals surface area contributed by atoms with Gasteiger partial charge in [-0.25, -0.2) is 4.98 Å². The molecule has 0 saturated heterocycles. The van der Waals surface area contributed by atoms with E-state index in [9.17, 15) is 5.11 Å². The van der Waals surface area contributed by atoms with Crippen LogP contribution in [0.5, 0.6) is 5.75 Å². The summed E-state index contributed by atoms with van der Waals surface area (Å²) < 4.78 is 1.04. The van der Waals surface area contributed by atoms with E-state index in [-0.39, 0.29) is 5.75 Å². The number of para-hydroxylation sites is 1. The molecule has 0 aliphatic carbocycles. The van der Waals surface area contributed by atoms with E-state index < -0.39 is 0 Å². The average Bonchev–Trinajstić information content (AvgIpc) is 3.08. The summed E-state index contributed by atoms with van der Waals surface area (Å²) >= 11 is 4.90. The van der Waals surface area contributed by atoms with Crippen LogP contribution < -0.4 is 5.43 Å². The highest BCUT2D eigenvalue weighted by Gasteiger charge is 2.05. The van der Waals surface area contributed by atoms with Crippen LogP contribution in [-0.2, 0) is 6.42 Å². The number of allylic oxidation sites excluding steroid dienone is 1. The molecule has 0 aliphatic rings. The van der Waals surface area contributed by atoms with Gasteiger partial charge in [-0.15, -0.1) is 17.9 Å². The van der Waals surface area contributed by atoms with Crippen molar-refractivity contribution >= 4 is 38.6 Å². The Kier molecular flexibility index (Phi) is 5.63. The molecule has 1 heterocycles. The van der Waals surface area contributed by atoms with Gasteiger partial charge in [0.05, 0.1) is 11.9 Å². The number of hydrogen-bond donors (Lipinski definition) is 2. The Morgan fingerprint density at radius 1 is 1.24 bits per heavy atom. The molecular formula is C19H16BrN3OS. The predicted octanol–water partition coefficient (Wildman–Crippen LogP) is 5.45. The molecule has 3 rings (SSSR count). The highest BCUT2D eigenvalue weighted by atomic mass is 79.9. The van der Waals surface area contributed by atoms with Gasteiger partial charge in [0.1, 0.15) is 5.75 Å². The number of anilines is 1. The molecule has 0 amide bonds. The summed E-state index contributed by atoms with van der Waals surface area (Å²) in [5, 5.41) is 17.0. The molecular weight excluding hydrogens is 398 g/mol. The summed E-state index contributed by atoms with van der Waals surface area (Å²) in [4.78, 5) is 4.51. The number of benzene rings is 2. The maximum absolute atomic E-state index is 10.2. The molecule has 6 heteroatoms. The molecule has 1 aromatic heterocycles. The highest BCUT2D eigenvalue weighted by molar-refractivity contribution is 9.10. The van der Waals surface area contributed by atoms with Crippen molar-refractivity contribution in [3.8, 4) is 17.0 Å². The van der Waals surface area contributed by atoms with Crippen molar-refractivity contribution in [2.24, 2.45) is 5.10 Å². The predicted molar refractivity (Wildman–Crippen MR) is 108 cm³/mol. The SMILES string of the molecule is C=CCc1cccc(C=NNc2nc(-c3ccc(Br)cc3)cs2)c1O. The van der Waals surface area contributed by atoms with Gasteiger partial charge in [-0.05, 0) is 30.2 Å². The van der Waals surface area contributed by atoms with Gasteiger partial charge >= 0.3 is 0 Å². The van der Waals surface area contributed by atoms with Crippen molar-refractivity contribution in [2.45, 2.75) is 6.42 Å². The number of aromatic nitrogens is 1. The van der Waals surface area contributed by atoms with Crippen molar-refractivity contribution in [1.29, 1.82) is 0 Å². The lowest BCUT2D eigenvalue weighted by molar-refractivity contribution is 0.469. The second-order valence-corrected chi connectivity index (χ2v) is 7.04. The van der Waals surface area contributed by atoms with Gasteiger partial charge in [0.2, 0.25) is 5.13 Å². The summed E-state index contributed by atoms with van der Waals surface area (Å²) in [5.74, 6) is 0.225. The second kappa shape index (κ2) is 8.09. The molecule has 4 nitrogen and oxygen atoms in total. The highest BCUT2D eigenvalue weighted by Crippen LogP contribution is 2.26. The molecule has 0 bridgehead atoms. The van der Waals surface area contributed by atoms with Crippen LogP contribution in [0.1, 0.15) is 11.1 Å². The maximum Gasteiger partial charge on any atom is 0.203 e. The molecule has 126 valence electrons. The lowest BCUT2D eigenvalue weighted by Gasteiger charge is -2.04. The second-order valence-electron chi connectivity index (χ2n) is 5.26. The van der Waals surface area contributed by atoms with Crippen molar-refractivity contribution < 1.29 is 5.11 Å². The molecule has 0 aliphatic heterocycles. The quantitative estimate of drug-likeness (QED) is 0.320. The molecule has 0 radical (unpaired) electrons. The van der Waals surface area contributed by atoms with Gasteiger partial charge in [-0.1, -0.05) is 46.3 Å². The van der Waals surface area contributed by atoms with E-state index >= 15 is 0 Å². The van der Waals surface area contributed by atoms with E-state index in [1.165, 1.54) is 11.3 Å². The Hall–Kier alpha value is -2.44. The standard InChI is InChI=1S/C19H16BrN3OS/c1-2-4-14-5-3-6-15(18(14)24)11-21-23-19-22-17(12-25-19)13-7-9-16(20)10-8-13/h2-3,5-12,24H,1,4H2,(H,22,23). The topological polar surface area (TPSA) is 57.5 Å². The number of hydrazone groups is 1. The van der Waals surface area contributed by atoms with Gasteiger partial charge < -0.3 is 5.11 Å². The number of phenols is 1. The first-order valence-corrected chi connectivity index (χ1v) is 9.27. The third-order valence-corrected chi connectivity index (χ3v) is 4.80. The zero-order valence-electron chi connectivity index (χ0n) is 13.3. The Bertz CT molecular complexity index is 903. The van der Waals surface area contributed by atoms with E-state index in [0.29, 0.717) is 17.1 Å². The summed E-state index contributed by atoms with van der Waals surface area (Å²) in [6, 6.07) is 13.5. The lowest BCUT2D eigenvalue weighted by atomic mass is 10.1. The van der Waals surface area contributed by atoms with Gasteiger partial charge in [-0.3, -0.25) is 5.43 Å². The Labute approximate surface area is 158 Å². The molecule has 0 spiro atoms. The molecule has 0 fully saturated rings. The third-order valence-electron chi connectivity index (χ3n) is 3.52. The van der Waals surface area contributed by atoms with Gasteiger partial charge in [0.25, 0.3) is 0 Å². The fourth-order valence-electron chi connectivity index (χ4n) is 2.27. The van der Waals surface area contributed by atoms with Gasteiger partial charge in [0, 0.05) is 21.0 Å². The molecule has 3 aromatic rings. The Balaban J connectivity index is 1.70. The lowest BCUT2D eigenvalue weighted by Crippen LogP contribution is -1.92.